The van der Waals surface area contributed by atoms with Crippen LogP contribution in [0.1, 0.15) is 24.8 Å². The van der Waals surface area contributed by atoms with Crippen molar-refractivity contribution >= 4 is 0 Å². The van der Waals surface area contributed by atoms with Crippen molar-refractivity contribution in [3.63, 3.8) is 0 Å². The second kappa shape index (κ2) is 27.4. The molecular weight excluding hydrogens is 1060 g/mol. The van der Waals surface area contributed by atoms with Gasteiger partial charge in [-0.25, -0.2) is 0 Å². The number of fused-ring (bicyclic) bond motifs is 4. The molecule has 12 heterocycles. The molecule has 1 aromatic carbocycles. The molecule has 12 aliphatic heterocycles. The molecule has 0 spiro atoms. The van der Waals surface area contributed by atoms with E-state index in [1.165, 1.54) is 0 Å². The zero-order chi connectivity index (χ0) is 56.4. The monoisotopic (exact) mass is 1140 g/mol. The molecule has 12 bridgehead atoms. The molecule has 0 amide bonds. The van der Waals surface area contributed by atoms with Crippen LogP contribution in [0.25, 0.3) is 0 Å². The van der Waals surface area contributed by atoms with E-state index in [4.69, 9.17) is 56.8 Å². The standard InChI is InChI=1S/C49H78N2O28/c52-15-22-40-30(60)36(66)48(72-22)79-43-25(18-55)71-47(35(65)29(43)59)75-39-21-14-51(12-6-9-19-7-2-1-3-8-19)11-5-4-10-50-13-20-38(26(56)32(62)44(68-20)76-40)74-46-34(64)28(58)42(24(17-54)70-46)78-49-37(67)31(61)41(23(16-53)73-49)77-45(69-21)33(63)27(39)57/h1-3,7-8,20-50,52-67H,4-6,9-18H2/t20-,21-,22-,23-,24-,25-,26?,27?,28?,29?,30?,31?,32?,33?,34?,35?,36?,37?,38-,39-,40-,41-,42-,43-,44-,45-,46-,47-,48-,49-/m1/s1. The smallest absolute Gasteiger partial charge is 0.187 e. The van der Waals surface area contributed by atoms with Crippen LogP contribution in [-0.4, -0.2) is 330 Å². The molecule has 0 aromatic heterocycles. The maximum atomic E-state index is 12.1. The molecular formula is C49H78N2O28. The van der Waals surface area contributed by atoms with Gasteiger partial charge in [0.05, 0.1) is 26.4 Å². The number of nitrogens with one attached hydrogen (secondary N) is 1. The Hall–Kier alpha value is -1.98. The number of nitrogens with zero attached hydrogens (tertiary/aromatic N) is 1. The summed E-state index contributed by atoms with van der Waals surface area (Å²) in [5.41, 5.74) is 1.05. The third-order valence-electron chi connectivity index (χ3n) is 16.0. The van der Waals surface area contributed by atoms with Crippen LogP contribution in [0.4, 0.5) is 0 Å². The topological polar surface area (TPSA) is 450 Å². The van der Waals surface area contributed by atoms with Crippen LogP contribution in [0.3, 0.4) is 0 Å². The van der Waals surface area contributed by atoms with Crippen LogP contribution in [-0.2, 0) is 63.3 Å². The fourth-order valence-corrected chi connectivity index (χ4v) is 11.5. The fourth-order valence-electron chi connectivity index (χ4n) is 11.5. The average Bonchev–Trinajstić information content (AvgIpc) is 3.63. The lowest BCUT2D eigenvalue weighted by Gasteiger charge is -2.51. The van der Waals surface area contributed by atoms with E-state index in [0.29, 0.717) is 38.8 Å². The number of benzene rings is 1. The summed E-state index contributed by atoms with van der Waals surface area (Å²) in [5.74, 6) is 0. The number of aliphatic hydroxyl groups is 16. The summed E-state index contributed by atoms with van der Waals surface area (Å²) in [6.07, 6.45) is -53.6. The third kappa shape index (κ3) is 13.3. The van der Waals surface area contributed by atoms with Gasteiger partial charge in [-0.3, -0.25) is 0 Å². The minimum Gasteiger partial charge on any atom is -0.394 e. The summed E-state index contributed by atoms with van der Waals surface area (Å²) >= 11 is 0. The third-order valence-corrected chi connectivity index (χ3v) is 16.0. The number of rotatable bonds is 8. The number of ether oxygens (including phenoxy) is 12. The van der Waals surface area contributed by atoms with Gasteiger partial charge in [0.25, 0.3) is 0 Å². The Morgan fingerprint density at radius 3 is 1.13 bits per heavy atom. The summed E-state index contributed by atoms with van der Waals surface area (Å²) in [6, 6.07) is 9.65. The number of aryl methyl sites for hydroxylation is 1. The van der Waals surface area contributed by atoms with Gasteiger partial charge >= 0.3 is 0 Å². The Labute approximate surface area is 452 Å². The highest BCUT2D eigenvalue weighted by Crippen LogP contribution is 2.38. The molecule has 452 valence electrons. The number of aliphatic hydroxyl groups excluding tert-OH is 16. The zero-order valence-electron chi connectivity index (χ0n) is 42.9. The molecule has 0 saturated carbocycles. The SMILES string of the molecule is OC[C@H]1O[C@@H]2O[C@H]3C(O)C(O)[C@@H]4O[C@@H]3CNCCCCN(CCCc3ccccc3)C[C@H]3O[C@H](O[C@H]5C(O)C(O)[C@H](O[C@@H]5CO)O[C@H]1C(O)C2O)C(O)C(O)[C@@H]3O[C@H]1O[C@H](CO)[C@@H](O[C@H]2O[C@H](CO)[C@@H](O4)C(O)C2O)C(O)C1O. The average molecular weight is 1140 g/mol. The number of hydrogen-bond donors (Lipinski definition) is 17. The number of hydrogen-bond acceptors (Lipinski definition) is 30. The van der Waals surface area contributed by atoms with Crippen LogP contribution < -0.4 is 5.32 Å². The summed E-state index contributed by atoms with van der Waals surface area (Å²) in [7, 11) is 0. The predicted octanol–water partition coefficient (Wildman–Crippen LogP) is -9.72. The van der Waals surface area contributed by atoms with E-state index in [0.717, 1.165) is 5.56 Å². The van der Waals surface area contributed by atoms with Gasteiger partial charge in [0.2, 0.25) is 0 Å². The largest absolute Gasteiger partial charge is 0.394 e. The van der Waals surface area contributed by atoms with Gasteiger partial charge < -0.3 is 149 Å². The quantitative estimate of drug-likeness (QED) is 0.115. The van der Waals surface area contributed by atoms with E-state index in [-0.39, 0.29) is 19.6 Å². The van der Waals surface area contributed by atoms with E-state index < -0.39 is 211 Å². The Kier molecular flexibility index (Phi) is 21.3. The van der Waals surface area contributed by atoms with Crippen molar-refractivity contribution in [2.24, 2.45) is 0 Å². The molecule has 30 nitrogen and oxygen atoms in total. The highest BCUT2D eigenvalue weighted by atomic mass is 16.8. The van der Waals surface area contributed by atoms with Crippen LogP contribution in [0, 0.1) is 0 Å². The van der Waals surface area contributed by atoms with Crippen molar-refractivity contribution in [2.45, 2.75) is 210 Å². The first kappa shape index (κ1) is 61.6. The Morgan fingerprint density at radius 1 is 0.392 bits per heavy atom. The van der Waals surface area contributed by atoms with Gasteiger partial charge in [0.15, 0.2) is 37.7 Å². The maximum Gasteiger partial charge on any atom is 0.187 e. The normalized spacial score (nSPS) is 49.9. The van der Waals surface area contributed by atoms with Gasteiger partial charge in [-0.15, -0.1) is 0 Å². The van der Waals surface area contributed by atoms with E-state index >= 15 is 0 Å². The molecule has 12 saturated heterocycles. The highest BCUT2D eigenvalue weighted by Gasteiger charge is 2.59. The van der Waals surface area contributed by atoms with Crippen molar-refractivity contribution < 1.29 is 139 Å². The summed E-state index contributed by atoms with van der Waals surface area (Å²) in [6.45, 7) is -3.04. The molecule has 12 unspecified atom stereocenters. The first-order chi connectivity index (χ1) is 38.0. The predicted molar refractivity (Wildman–Crippen MR) is 255 cm³/mol. The van der Waals surface area contributed by atoms with E-state index in [1.807, 2.05) is 35.2 Å². The van der Waals surface area contributed by atoms with E-state index in [2.05, 4.69) is 5.32 Å². The van der Waals surface area contributed by atoms with Crippen molar-refractivity contribution in [1.29, 1.82) is 0 Å². The summed E-state index contributed by atoms with van der Waals surface area (Å²) < 4.78 is 72.3. The minimum absolute atomic E-state index is 0.101. The van der Waals surface area contributed by atoms with Gasteiger partial charge in [0, 0.05) is 13.1 Å². The second-order valence-electron chi connectivity index (χ2n) is 21.3. The Bertz CT molecular complexity index is 2000. The lowest BCUT2D eigenvalue weighted by atomic mass is 9.94. The van der Waals surface area contributed by atoms with Crippen LogP contribution >= 0.6 is 0 Å². The summed E-state index contributed by atoms with van der Waals surface area (Å²) in [5, 5.41) is 185. The Morgan fingerprint density at radius 2 is 0.734 bits per heavy atom. The van der Waals surface area contributed by atoms with Crippen LogP contribution in [0.2, 0.25) is 0 Å². The van der Waals surface area contributed by atoms with Crippen molar-refractivity contribution in [3.05, 3.63) is 35.9 Å². The first-order valence-electron chi connectivity index (χ1n) is 26.9. The van der Waals surface area contributed by atoms with Crippen molar-refractivity contribution in [3.8, 4) is 0 Å². The van der Waals surface area contributed by atoms with E-state index in [9.17, 15) is 81.7 Å². The van der Waals surface area contributed by atoms with Crippen LogP contribution in [0.5, 0.6) is 0 Å². The van der Waals surface area contributed by atoms with E-state index in [1.54, 1.807) is 0 Å². The van der Waals surface area contributed by atoms with Crippen molar-refractivity contribution in [2.75, 3.05) is 59.2 Å². The first-order valence-corrected chi connectivity index (χ1v) is 26.9. The fraction of sp³-hybridized carbons (Fsp3) is 0.878. The van der Waals surface area contributed by atoms with Crippen molar-refractivity contribution in [1.82, 2.24) is 10.2 Å². The molecule has 0 radical (unpaired) electrons. The molecule has 30 heteroatoms. The summed E-state index contributed by atoms with van der Waals surface area (Å²) in [4.78, 5) is 1.98. The van der Waals surface area contributed by atoms with Gasteiger partial charge in [-0.05, 0) is 50.9 Å². The minimum atomic E-state index is -2.10. The molecule has 0 aliphatic carbocycles. The molecule has 17 N–H and O–H groups in total. The van der Waals surface area contributed by atoms with Gasteiger partial charge in [-0.1, -0.05) is 30.3 Å². The molecule has 12 aliphatic rings. The lowest BCUT2D eigenvalue weighted by molar-refractivity contribution is -0.403. The van der Waals surface area contributed by atoms with Gasteiger partial charge in [-0.2, -0.15) is 0 Å². The molecule has 30 atom stereocenters. The molecule has 1 aromatic rings. The Balaban J connectivity index is 1.11. The molecule has 79 heavy (non-hydrogen) atoms. The maximum absolute atomic E-state index is 12.1. The molecule has 12 fully saturated rings. The zero-order valence-corrected chi connectivity index (χ0v) is 42.9. The van der Waals surface area contributed by atoms with Crippen LogP contribution in [0.15, 0.2) is 30.3 Å². The lowest BCUT2D eigenvalue weighted by Crippen LogP contribution is -2.69. The molecule has 13 rings (SSSR count). The van der Waals surface area contributed by atoms with Gasteiger partial charge in [0.1, 0.15) is 146 Å². The highest BCUT2D eigenvalue weighted by molar-refractivity contribution is 5.14. The second-order valence-corrected chi connectivity index (χ2v) is 21.3.